The van der Waals surface area contributed by atoms with Crippen LogP contribution in [0.5, 0.6) is 0 Å². The summed E-state index contributed by atoms with van der Waals surface area (Å²) >= 11 is 0. The molecule has 2 aliphatic carbocycles. The summed E-state index contributed by atoms with van der Waals surface area (Å²) in [6, 6.07) is 0.716. The molecule has 14 heavy (non-hydrogen) atoms. The maximum atomic E-state index is 6.33. The lowest BCUT2D eigenvalue weighted by Gasteiger charge is -2.31. The first-order valence-corrected chi connectivity index (χ1v) is 5.95. The zero-order chi connectivity index (χ0) is 9.97. The highest BCUT2D eigenvalue weighted by molar-refractivity contribution is 4.97. The highest BCUT2D eigenvalue weighted by Gasteiger charge is 2.33. The van der Waals surface area contributed by atoms with Crippen LogP contribution in [0.1, 0.15) is 38.5 Å². The molecule has 0 aromatic rings. The molecular weight excluding hydrogens is 172 g/mol. The van der Waals surface area contributed by atoms with Gasteiger partial charge in [0.2, 0.25) is 0 Å². The molecule has 0 bridgehead atoms. The van der Waals surface area contributed by atoms with Crippen molar-refractivity contribution in [2.24, 2.45) is 23.3 Å². The fourth-order valence-corrected chi connectivity index (χ4v) is 3.01. The van der Waals surface area contributed by atoms with Crippen molar-refractivity contribution >= 4 is 0 Å². The molecule has 1 saturated carbocycles. The fraction of sp³-hybridized carbons (Fsp3) is 0.833. The van der Waals surface area contributed by atoms with Crippen LogP contribution in [0.4, 0.5) is 0 Å². The van der Waals surface area contributed by atoms with E-state index >= 15 is 0 Å². The molecule has 2 rings (SSSR count). The van der Waals surface area contributed by atoms with Crippen LogP contribution in [0.3, 0.4) is 0 Å². The first-order chi connectivity index (χ1) is 6.79. The molecule has 80 valence electrons. The van der Waals surface area contributed by atoms with Gasteiger partial charge in [-0.05, 0) is 43.9 Å². The summed E-state index contributed by atoms with van der Waals surface area (Å²) in [5, 5.41) is 0. The van der Waals surface area contributed by atoms with Crippen molar-refractivity contribution in [1.82, 2.24) is 0 Å². The van der Waals surface area contributed by atoms with E-state index in [1.165, 1.54) is 38.5 Å². The molecule has 4 atom stereocenters. The normalized spacial score (nSPS) is 40.0. The van der Waals surface area contributed by atoms with Gasteiger partial charge in [-0.1, -0.05) is 18.6 Å². The summed E-state index contributed by atoms with van der Waals surface area (Å²) in [5.41, 5.74) is 12.4. The Morgan fingerprint density at radius 3 is 2.57 bits per heavy atom. The van der Waals surface area contributed by atoms with Gasteiger partial charge in [-0.2, -0.15) is 0 Å². The van der Waals surface area contributed by atoms with Gasteiger partial charge in [-0.3, -0.25) is 0 Å². The van der Waals surface area contributed by atoms with Crippen molar-refractivity contribution in [3.05, 3.63) is 12.2 Å². The van der Waals surface area contributed by atoms with Crippen LogP contribution < -0.4 is 11.5 Å². The second kappa shape index (κ2) is 4.45. The average molecular weight is 194 g/mol. The minimum Gasteiger partial charge on any atom is -0.327 e. The van der Waals surface area contributed by atoms with E-state index in [0.717, 1.165) is 0 Å². The zero-order valence-corrected chi connectivity index (χ0v) is 8.86. The van der Waals surface area contributed by atoms with Gasteiger partial charge in [-0.15, -0.1) is 0 Å². The third-order valence-electron chi connectivity index (χ3n) is 3.97. The smallest absolute Gasteiger partial charge is 0.0113 e. The molecule has 2 aliphatic rings. The van der Waals surface area contributed by atoms with E-state index in [2.05, 4.69) is 12.2 Å². The molecule has 2 heteroatoms. The topological polar surface area (TPSA) is 52.0 Å². The molecule has 0 radical (unpaired) electrons. The Labute approximate surface area is 86.7 Å². The Bertz CT molecular complexity index is 212. The molecule has 0 heterocycles. The molecule has 0 aliphatic heterocycles. The Hall–Kier alpha value is -0.340. The lowest BCUT2D eigenvalue weighted by Crippen LogP contribution is -2.44. The lowest BCUT2D eigenvalue weighted by molar-refractivity contribution is 0.276. The molecular formula is C12H22N2. The Morgan fingerprint density at radius 2 is 2.00 bits per heavy atom. The van der Waals surface area contributed by atoms with Gasteiger partial charge in [0.25, 0.3) is 0 Å². The quantitative estimate of drug-likeness (QED) is 0.659. The Balaban J connectivity index is 1.93. The monoisotopic (exact) mass is 194 g/mol. The van der Waals surface area contributed by atoms with E-state index in [1.54, 1.807) is 0 Å². The first kappa shape index (κ1) is 10.2. The van der Waals surface area contributed by atoms with Crippen molar-refractivity contribution in [2.45, 2.75) is 50.6 Å². The second-order valence-electron chi connectivity index (χ2n) is 4.88. The molecule has 0 spiro atoms. The number of rotatable bonds is 2. The van der Waals surface area contributed by atoms with Crippen molar-refractivity contribution < 1.29 is 0 Å². The zero-order valence-electron chi connectivity index (χ0n) is 8.86. The van der Waals surface area contributed by atoms with Crippen molar-refractivity contribution in [3.8, 4) is 0 Å². The largest absolute Gasteiger partial charge is 0.327 e. The predicted molar refractivity (Wildman–Crippen MR) is 59.8 cm³/mol. The average Bonchev–Trinajstić information content (AvgIpc) is 2.65. The van der Waals surface area contributed by atoms with Crippen LogP contribution in [-0.2, 0) is 0 Å². The van der Waals surface area contributed by atoms with Crippen LogP contribution in [0, 0.1) is 11.8 Å². The van der Waals surface area contributed by atoms with Gasteiger partial charge < -0.3 is 11.5 Å². The summed E-state index contributed by atoms with van der Waals surface area (Å²) in [5.74, 6) is 1.28. The van der Waals surface area contributed by atoms with E-state index < -0.39 is 0 Å². The number of hydrogen-bond acceptors (Lipinski definition) is 2. The SMILES string of the molecule is NC1CCCC1C(N)C1CC=CCC1. The van der Waals surface area contributed by atoms with Crippen LogP contribution in [0.25, 0.3) is 0 Å². The van der Waals surface area contributed by atoms with Gasteiger partial charge in [0, 0.05) is 12.1 Å². The molecule has 0 saturated heterocycles. The molecule has 4 N–H and O–H groups in total. The predicted octanol–water partition coefficient (Wildman–Crippen LogP) is 1.80. The lowest BCUT2D eigenvalue weighted by atomic mass is 9.80. The Morgan fingerprint density at radius 1 is 1.14 bits per heavy atom. The number of nitrogens with two attached hydrogens (primary N) is 2. The van der Waals surface area contributed by atoms with Gasteiger partial charge in [0.15, 0.2) is 0 Å². The van der Waals surface area contributed by atoms with Crippen molar-refractivity contribution in [1.29, 1.82) is 0 Å². The highest BCUT2D eigenvalue weighted by Crippen LogP contribution is 2.33. The van der Waals surface area contributed by atoms with Crippen LogP contribution in [-0.4, -0.2) is 12.1 Å². The molecule has 0 aromatic carbocycles. The van der Waals surface area contributed by atoms with E-state index in [9.17, 15) is 0 Å². The summed E-state index contributed by atoms with van der Waals surface area (Å²) in [6.45, 7) is 0. The molecule has 0 amide bonds. The maximum Gasteiger partial charge on any atom is 0.0113 e. The van der Waals surface area contributed by atoms with Crippen LogP contribution in [0.15, 0.2) is 12.2 Å². The summed E-state index contributed by atoms with van der Waals surface area (Å²) in [4.78, 5) is 0. The highest BCUT2D eigenvalue weighted by atomic mass is 14.8. The summed E-state index contributed by atoms with van der Waals surface area (Å²) in [6.07, 6.45) is 11.9. The first-order valence-electron chi connectivity index (χ1n) is 5.95. The number of hydrogen-bond donors (Lipinski definition) is 2. The third-order valence-corrected chi connectivity index (χ3v) is 3.97. The Kier molecular flexibility index (Phi) is 3.24. The maximum absolute atomic E-state index is 6.33. The van der Waals surface area contributed by atoms with Crippen molar-refractivity contribution in [3.63, 3.8) is 0 Å². The van der Waals surface area contributed by atoms with Gasteiger partial charge >= 0.3 is 0 Å². The summed E-state index contributed by atoms with van der Waals surface area (Å²) in [7, 11) is 0. The third kappa shape index (κ3) is 2.01. The van der Waals surface area contributed by atoms with Crippen LogP contribution >= 0.6 is 0 Å². The molecule has 4 unspecified atom stereocenters. The van der Waals surface area contributed by atoms with E-state index in [0.29, 0.717) is 23.9 Å². The van der Waals surface area contributed by atoms with Gasteiger partial charge in [0.1, 0.15) is 0 Å². The van der Waals surface area contributed by atoms with E-state index in [4.69, 9.17) is 11.5 Å². The van der Waals surface area contributed by atoms with Crippen LogP contribution in [0.2, 0.25) is 0 Å². The number of allylic oxidation sites excluding steroid dienone is 2. The van der Waals surface area contributed by atoms with Crippen molar-refractivity contribution in [2.75, 3.05) is 0 Å². The van der Waals surface area contributed by atoms with Gasteiger partial charge in [0.05, 0.1) is 0 Å². The van der Waals surface area contributed by atoms with Gasteiger partial charge in [-0.25, -0.2) is 0 Å². The molecule has 2 nitrogen and oxygen atoms in total. The van der Waals surface area contributed by atoms with E-state index in [1.807, 2.05) is 0 Å². The molecule has 0 aromatic heterocycles. The fourth-order valence-electron chi connectivity index (χ4n) is 3.01. The standard InChI is InChI=1S/C12H22N2/c13-11-8-4-7-10(11)12(14)9-5-2-1-3-6-9/h1-2,9-12H,3-8,13-14H2. The minimum atomic E-state index is 0.345. The second-order valence-corrected chi connectivity index (χ2v) is 4.88. The van der Waals surface area contributed by atoms with E-state index in [-0.39, 0.29) is 0 Å². The minimum absolute atomic E-state index is 0.345. The summed E-state index contributed by atoms with van der Waals surface area (Å²) < 4.78 is 0. The molecule has 1 fully saturated rings.